The van der Waals surface area contributed by atoms with Gasteiger partial charge in [0, 0.05) is 18.3 Å². The van der Waals surface area contributed by atoms with Crippen LogP contribution in [0.4, 0.5) is 5.69 Å². The van der Waals surface area contributed by atoms with E-state index in [0.717, 1.165) is 11.3 Å². The Labute approximate surface area is 151 Å². The number of benzene rings is 1. The number of hydrogen-bond donors (Lipinski definition) is 2. The molecular weight excluding hydrogens is 332 g/mol. The van der Waals surface area contributed by atoms with Crippen LogP contribution in [0.25, 0.3) is 5.52 Å². The van der Waals surface area contributed by atoms with E-state index in [2.05, 4.69) is 10.1 Å². The van der Waals surface area contributed by atoms with Crippen LogP contribution in [0.15, 0.2) is 48.7 Å². The Hall–Kier alpha value is -3.28. The van der Waals surface area contributed by atoms with Crippen LogP contribution in [-0.4, -0.2) is 35.1 Å². The summed E-state index contributed by atoms with van der Waals surface area (Å²) in [4.78, 5) is 23.4. The zero-order valence-electron chi connectivity index (χ0n) is 14.7. The summed E-state index contributed by atoms with van der Waals surface area (Å²) in [5.41, 5.74) is 4.09. The Kier molecular flexibility index (Phi) is 4.93. The molecule has 3 rings (SSSR count). The van der Waals surface area contributed by atoms with Crippen LogP contribution < -0.4 is 5.32 Å². The van der Waals surface area contributed by atoms with Crippen LogP contribution >= 0.6 is 0 Å². The van der Waals surface area contributed by atoms with E-state index < -0.39 is 11.9 Å². The number of aromatic carboxylic acids is 1. The molecule has 6 nitrogen and oxygen atoms in total. The number of rotatable bonds is 6. The van der Waals surface area contributed by atoms with E-state index in [1.807, 2.05) is 53.9 Å². The summed E-state index contributed by atoms with van der Waals surface area (Å²) in [6.45, 7) is 1.78. The quantitative estimate of drug-likeness (QED) is 0.666. The van der Waals surface area contributed by atoms with Crippen molar-refractivity contribution in [2.75, 3.05) is 19.0 Å². The second-order valence-corrected chi connectivity index (χ2v) is 5.98. The van der Waals surface area contributed by atoms with Crippen LogP contribution in [-0.2, 0) is 16.0 Å². The number of ether oxygens (including phenoxy) is 1. The number of fused-ring (bicyclic) bond motifs is 1. The number of hydrogen-bond acceptors (Lipinski definition) is 4. The number of carboxylic acids is 1. The van der Waals surface area contributed by atoms with Gasteiger partial charge in [-0.15, -0.1) is 0 Å². The molecule has 0 fully saturated rings. The van der Waals surface area contributed by atoms with E-state index in [-0.39, 0.29) is 12.1 Å². The smallest absolute Gasteiger partial charge is 0.338 e. The van der Waals surface area contributed by atoms with Crippen molar-refractivity contribution in [3.63, 3.8) is 0 Å². The number of pyridine rings is 1. The fraction of sp³-hybridized carbons (Fsp3) is 0.200. The van der Waals surface area contributed by atoms with Crippen molar-refractivity contribution in [1.29, 1.82) is 0 Å². The fourth-order valence-corrected chi connectivity index (χ4v) is 3.14. The van der Waals surface area contributed by atoms with Crippen LogP contribution in [0.1, 0.15) is 27.2 Å². The highest BCUT2D eigenvalue weighted by Gasteiger charge is 2.22. The predicted octanol–water partition coefficient (Wildman–Crippen LogP) is 3.12. The molecular formula is C20H20N2O4. The number of carboxylic acid groups (broad SMARTS) is 1. The van der Waals surface area contributed by atoms with Crippen molar-refractivity contribution >= 4 is 23.1 Å². The fourth-order valence-electron chi connectivity index (χ4n) is 3.14. The molecule has 0 amide bonds. The molecule has 0 bridgehead atoms. The van der Waals surface area contributed by atoms with Crippen LogP contribution in [0, 0.1) is 6.92 Å². The Bertz CT molecular complexity index is 961. The lowest BCUT2D eigenvalue weighted by atomic mass is 10.0. The highest BCUT2D eigenvalue weighted by Crippen LogP contribution is 2.30. The zero-order valence-corrected chi connectivity index (χ0v) is 14.7. The summed E-state index contributed by atoms with van der Waals surface area (Å²) in [5.74, 6) is -1.41. The Morgan fingerprint density at radius 3 is 2.54 bits per heavy atom. The van der Waals surface area contributed by atoms with E-state index in [4.69, 9.17) is 0 Å². The first kappa shape index (κ1) is 17.5. The third-order valence-corrected chi connectivity index (χ3v) is 4.41. The average molecular weight is 352 g/mol. The topological polar surface area (TPSA) is 80.0 Å². The maximum atomic E-state index is 11.9. The van der Waals surface area contributed by atoms with Gasteiger partial charge >= 0.3 is 11.9 Å². The number of nitrogens with zero attached hydrogens (tertiary/aromatic N) is 1. The maximum Gasteiger partial charge on any atom is 0.338 e. The second kappa shape index (κ2) is 7.31. The Morgan fingerprint density at radius 1 is 1.15 bits per heavy atom. The molecule has 0 aliphatic carbocycles. The summed E-state index contributed by atoms with van der Waals surface area (Å²) in [5, 5.41) is 12.7. The lowest BCUT2D eigenvalue weighted by Crippen LogP contribution is -2.15. The van der Waals surface area contributed by atoms with Crippen molar-refractivity contribution in [2.45, 2.75) is 13.3 Å². The van der Waals surface area contributed by atoms with Gasteiger partial charge in [0.1, 0.15) is 6.54 Å². The highest BCUT2D eigenvalue weighted by molar-refractivity contribution is 6.02. The van der Waals surface area contributed by atoms with Gasteiger partial charge in [-0.3, -0.25) is 4.79 Å². The Morgan fingerprint density at radius 2 is 1.88 bits per heavy atom. The van der Waals surface area contributed by atoms with Crippen molar-refractivity contribution in [3.05, 3.63) is 71.0 Å². The second-order valence-electron chi connectivity index (χ2n) is 5.98. The predicted molar refractivity (Wildman–Crippen MR) is 98.8 cm³/mol. The first-order valence-corrected chi connectivity index (χ1v) is 8.23. The molecule has 0 saturated carbocycles. The summed E-state index contributed by atoms with van der Waals surface area (Å²) in [7, 11) is 1.31. The van der Waals surface area contributed by atoms with Crippen molar-refractivity contribution in [2.24, 2.45) is 0 Å². The van der Waals surface area contributed by atoms with E-state index in [1.54, 1.807) is 6.07 Å². The highest BCUT2D eigenvalue weighted by atomic mass is 16.5. The molecule has 134 valence electrons. The summed E-state index contributed by atoms with van der Waals surface area (Å²) < 4.78 is 6.53. The third-order valence-electron chi connectivity index (χ3n) is 4.41. The molecule has 0 atom stereocenters. The third kappa shape index (κ3) is 3.26. The molecule has 0 radical (unpaired) electrons. The van der Waals surface area contributed by atoms with Gasteiger partial charge in [-0.1, -0.05) is 30.3 Å². The molecule has 2 aromatic heterocycles. The van der Waals surface area contributed by atoms with Crippen molar-refractivity contribution in [3.8, 4) is 0 Å². The van der Waals surface area contributed by atoms with Gasteiger partial charge in [0.2, 0.25) is 0 Å². The molecule has 0 aliphatic rings. The average Bonchev–Trinajstić information content (AvgIpc) is 2.93. The summed E-state index contributed by atoms with van der Waals surface area (Å²) in [6, 6.07) is 13.5. The number of aromatic nitrogens is 1. The Balaban J connectivity index is 2.13. The molecule has 0 aliphatic heterocycles. The molecule has 2 heterocycles. The van der Waals surface area contributed by atoms with Crippen LogP contribution in [0.5, 0.6) is 0 Å². The van der Waals surface area contributed by atoms with Crippen LogP contribution in [0.2, 0.25) is 0 Å². The van der Waals surface area contributed by atoms with E-state index >= 15 is 0 Å². The van der Waals surface area contributed by atoms with Gasteiger partial charge in [0.15, 0.2) is 0 Å². The number of carbonyl (C=O) groups is 2. The largest absolute Gasteiger partial charge is 0.478 e. The van der Waals surface area contributed by atoms with Crippen molar-refractivity contribution in [1.82, 2.24) is 4.40 Å². The van der Waals surface area contributed by atoms with Crippen molar-refractivity contribution < 1.29 is 19.4 Å². The number of nitrogens with one attached hydrogen (secondary N) is 1. The number of carbonyl (C=O) groups excluding carboxylic acids is 1. The lowest BCUT2D eigenvalue weighted by molar-refractivity contribution is -0.138. The molecule has 0 saturated heterocycles. The first-order valence-electron chi connectivity index (χ1n) is 8.23. The van der Waals surface area contributed by atoms with Gasteiger partial charge in [0.05, 0.1) is 23.9 Å². The van der Waals surface area contributed by atoms with E-state index in [9.17, 15) is 14.7 Å². The summed E-state index contributed by atoms with van der Waals surface area (Å²) >= 11 is 0. The van der Waals surface area contributed by atoms with Crippen LogP contribution in [0.3, 0.4) is 0 Å². The maximum absolute atomic E-state index is 11.9. The lowest BCUT2D eigenvalue weighted by Gasteiger charge is -2.10. The van der Waals surface area contributed by atoms with Gasteiger partial charge in [-0.25, -0.2) is 4.79 Å². The van der Waals surface area contributed by atoms with Gasteiger partial charge in [-0.05, 0) is 30.2 Å². The minimum absolute atomic E-state index is 0.0342. The molecule has 0 unspecified atom stereocenters. The first-order chi connectivity index (χ1) is 12.5. The summed E-state index contributed by atoms with van der Waals surface area (Å²) in [6.07, 6.45) is 2.46. The van der Waals surface area contributed by atoms with Gasteiger partial charge in [-0.2, -0.15) is 0 Å². The normalized spacial score (nSPS) is 10.7. The molecule has 2 N–H and O–H groups in total. The molecule has 1 aromatic carbocycles. The number of methoxy groups -OCH3 is 1. The van der Waals surface area contributed by atoms with E-state index in [0.29, 0.717) is 23.2 Å². The number of esters is 1. The molecule has 26 heavy (non-hydrogen) atoms. The van der Waals surface area contributed by atoms with E-state index in [1.165, 1.54) is 7.11 Å². The minimum Gasteiger partial charge on any atom is -0.478 e. The number of anilines is 1. The SMILES string of the molecule is COC(=O)CNc1cccn2c(Cc3ccccc3)c(C)c(C(=O)O)c12. The van der Waals surface area contributed by atoms with Gasteiger partial charge in [0.25, 0.3) is 0 Å². The molecule has 6 heteroatoms. The minimum atomic E-state index is -0.994. The molecule has 0 spiro atoms. The monoisotopic (exact) mass is 352 g/mol. The zero-order chi connectivity index (χ0) is 18.7. The van der Waals surface area contributed by atoms with Gasteiger partial charge < -0.3 is 19.6 Å². The standard InChI is InChI=1S/C20H20N2O4/c1-13-16(11-14-7-4-3-5-8-14)22-10-6-9-15(21-12-17(23)26-2)19(22)18(13)20(24)25/h3-10,21H,11-12H2,1-2H3,(H,24,25). The molecule has 3 aromatic rings.